The van der Waals surface area contributed by atoms with Gasteiger partial charge in [-0.3, -0.25) is 9.59 Å². The molecule has 0 aliphatic carbocycles. The Kier molecular flexibility index (Phi) is 6.48. The van der Waals surface area contributed by atoms with Crippen LogP contribution in [-0.4, -0.2) is 22.2 Å². The summed E-state index contributed by atoms with van der Waals surface area (Å²) in [6.45, 7) is 3.57. The van der Waals surface area contributed by atoms with Crippen LogP contribution >= 0.6 is 0 Å². The minimum absolute atomic E-state index is 0.133. The molecule has 0 unspecified atom stereocenters. The van der Waals surface area contributed by atoms with Crippen molar-refractivity contribution in [1.82, 2.24) is 0 Å². The molecule has 0 saturated carbocycles. The van der Waals surface area contributed by atoms with Crippen LogP contribution in [0.25, 0.3) is 0 Å². The Hall–Kier alpha value is -2.28. The number of aliphatic carboxylic acids is 2. The molecule has 0 radical (unpaired) electrons. The molecule has 0 saturated heterocycles. The van der Waals surface area contributed by atoms with E-state index in [4.69, 9.17) is 10.2 Å². The first-order valence-corrected chi connectivity index (χ1v) is 6.91. The van der Waals surface area contributed by atoms with E-state index >= 15 is 0 Å². The Morgan fingerprint density at radius 2 is 1.67 bits per heavy atom. The van der Waals surface area contributed by atoms with Crippen LogP contribution in [0, 0.1) is 29.6 Å². The van der Waals surface area contributed by atoms with Crippen LogP contribution in [0.3, 0.4) is 0 Å². The Bertz CT molecular complexity index is 523. The molecule has 2 N–H and O–H groups in total. The summed E-state index contributed by atoms with van der Waals surface area (Å²) in [7, 11) is 0. The van der Waals surface area contributed by atoms with Gasteiger partial charge in [-0.2, -0.15) is 0 Å². The highest BCUT2D eigenvalue weighted by Crippen LogP contribution is 2.21. The van der Waals surface area contributed by atoms with E-state index in [1.54, 1.807) is 13.8 Å². The zero-order valence-corrected chi connectivity index (χ0v) is 12.2. The number of hydrogen-bond acceptors (Lipinski definition) is 2. The fourth-order valence-corrected chi connectivity index (χ4v) is 2.09. The van der Waals surface area contributed by atoms with Crippen molar-refractivity contribution >= 4 is 11.9 Å². The summed E-state index contributed by atoms with van der Waals surface area (Å²) < 4.78 is 0. The SMILES string of the molecule is CC(C)[C@@H](C#CCCc1ccccc1)C(C(=O)O)C(=O)O. The molecule has 1 aromatic carbocycles. The summed E-state index contributed by atoms with van der Waals surface area (Å²) >= 11 is 0. The molecule has 0 bridgehead atoms. The summed E-state index contributed by atoms with van der Waals surface area (Å²) in [6, 6.07) is 9.83. The molecule has 4 nitrogen and oxygen atoms in total. The molecular formula is C17H20O4. The molecule has 4 heteroatoms. The van der Waals surface area contributed by atoms with E-state index < -0.39 is 23.8 Å². The highest BCUT2D eigenvalue weighted by atomic mass is 16.4. The number of carbonyl (C=O) groups is 2. The quantitative estimate of drug-likeness (QED) is 0.623. The molecule has 0 spiro atoms. The summed E-state index contributed by atoms with van der Waals surface area (Å²) in [5, 5.41) is 18.1. The van der Waals surface area contributed by atoms with Gasteiger partial charge < -0.3 is 10.2 Å². The predicted molar refractivity (Wildman–Crippen MR) is 79.6 cm³/mol. The van der Waals surface area contributed by atoms with Gasteiger partial charge in [-0.25, -0.2) is 0 Å². The van der Waals surface area contributed by atoms with E-state index in [1.807, 2.05) is 30.3 Å². The van der Waals surface area contributed by atoms with Gasteiger partial charge in [0, 0.05) is 12.3 Å². The van der Waals surface area contributed by atoms with Crippen LogP contribution < -0.4 is 0 Å². The number of carboxylic acid groups (broad SMARTS) is 2. The maximum absolute atomic E-state index is 11.1. The number of carboxylic acids is 2. The van der Waals surface area contributed by atoms with Crippen molar-refractivity contribution in [3.8, 4) is 11.8 Å². The van der Waals surface area contributed by atoms with Gasteiger partial charge in [-0.05, 0) is 17.9 Å². The predicted octanol–water partition coefficient (Wildman–Crippen LogP) is 2.68. The maximum atomic E-state index is 11.1. The van der Waals surface area contributed by atoms with Crippen molar-refractivity contribution in [2.45, 2.75) is 26.7 Å². The van der Waals surface area contributed by atoms with E-state index in [1.165, 1.54) is 0 Å². The van der Waals surface area contributed by atoms with Gasteiger partial charge in [-0.1, -0.05) is 50.1 Å². The van der Waals surface area contributed by atoms with Crippen molar-refractivity contribution in [3.63, 3.8) is 0 Å². The van der Waals surface area contributed by atoms with E-state index in [-0.39, 0.29) is 5.92 Å². The average Bonchev–Trinajstić information content (AvgIpc) is 2.42. The normalized spacial score (nSPS) is 11.8. The van der Waals surface area contributed by atoms with Crippen molar-refractivity contribution in [3.05, 3.63) is 35.9 Å². The van der Waals surface area contributed by atoms with Gasteiger partial charge in [0.15, 0.2) is 5.92 Å². The maximum Gasteiger partial charge on any atom is 0.319 e. The lowest BCUT2D eigenvalue weighted by Gasteiger charge is -2.19. The highest BCUT2D eigenvalue weighted by Gasteiger charge is 2.35. The Morgan fingerprint density at radius 3 is 2.14 bits per heavy atom. The third kappa shape index (κ3) is 5.31. The van der Waals surface area contributed by atoms with Crippen molar-refractivity contribution in [1.29, 1.82) is 0 Å². The Morgan fingerprint density at radius 1 is 1.10 bits per heavy atom. The Labute approximate surface area is 124 Å². The fraction of sp³-hybridized carbons (Fsp3) is 0.412. The van der Waals surface area contributed by atoms with Gasteiger partial charge in [0.2, 0.25) is 0 Å². The van der Waals surface area contributed by atoms with Crippen LogP contribution in [-0.2, 0) is 16.0 Å². The molecule has 112 valence electrons. The van der Waals surface area contributed by atoms with Crippen molar-refractivity contribution in [2.24, 2.45) is 17.8 Å². The molecule has 0 aliphatic rings. The molecule has 0 heterocycles. The molecule has 0 aliphatic heterocycles. The van der Waals surface area contributed by atoms with Crippen LogP contribution in [0.15, 0.2) is 30.3 Å². The first-order valence-electron chi connectivity index (χ1n) is 6.91. The summed E-state index contributed by atoms with van der Waals surface area (Å²) in [4.78, 5) is 22.2. The first-order chi connectivity index (χ1) is 9.93. The zero-order valence-electron chi connectivity index (χ0n) is 12.2. The Balaban J connectivity index is 2.73. The first kappa shape index (κ1) is 16.8. The van der Waals surface area contributed by atoms with E-state index in [9.17, 15) is 9.59 Å². The van der Waals surface area contributed by atoms with Gasteiger partial charge in [0.25, 0.3) is 0 Å². The van der Waals surface area contributed by atoms with Crippen LogP contribution in [0.1, 0.15) is 25.8 Å². The largest absolute Gasteiger partial charge is 0.481 e. The second-order valence-corrected chi connectivity index (χ2v) is 5.23. The summed E-state index contributed by atoms with van der Waals surface area (Å²) in [6.07, 6.45) is 1.35. The molecule has 0 fully saturated rings. The van der Waals surface area contributed by atoms with Gasteiger partial charge in [-0.15, -0.1) is 5.92 Å². The minimum Gasteiger partial charge on any atom is -0.481 e. The van der Waals surface area contributed by atoms with Crippen molar-refractivity contribution < 1.29 is 19.8 Å². The summed E-state index contributed by atoms with van der Waals surface area (Å²) in [5.41, 5.74) is 1.15. The van der Waals surface area contributed by atoms with E-state index in [2.05, 4.69) is 11.8 Å². The third-order valence-electron chi connectivity index (χ3n) is 3.26. The van der Waals surface area contributed by atoms with E-state index in [0.717, 1.165) is 12.0 Å². The number of hydrogen-bond donors (Lipinski definition) is 2. The minimum atomic E-state index is -1.48. The van der Waals surface area contributed by atoms with Gasteiger partial charge >= 0.3 is 11.9 Å². The lowest BCUT2D eigenvalue weighted by Crippen LogP contribution is -2.33. The molecule has 1 aromatic rings. The number of benzene rings is 1. The smallest absolute Gasteiger partial charge is 0.319 e. The highest BCUT2D eigenvalue weighted by molar-refractivity contribution is 5.93. The second kappa shape index (κ2) is 8.11. The average molecular weight is 288 g/mol. The molecule has 0 amide bonds. The van der Waals surface area contributed by atoms with Crippen LogP contribution in [0.5, 0.6) is 0 Å². The fourth-order valence-electron chi connectivity index (χ4n) is 2.09. The van der Waals surface area contributed by atoms with Gasteiger partial charge in [0.05, 0.1) is 0 Å². The lowest BCUT2D eigenvalue weighted by molar-refractivity contribution is -0.156. The van der Waals surface area contributed by atoms with Crippen LogP contribution in [0.2, 0.25) is 0 Å². The monoisotopic (exact) mass is 288 g/mol. The standard InChI is InChI=1S/C17H20O4/c1-12(2)14(15(16(18)19)17(20)21)11-7-6-10-13-8-4-3-5-9-13/h3-5,8-9,12,14-15H,6,10H2,1-2H3,(H,18,19)(H,20,21)/t14-/m1/s1. The molecule has 0 aromatic heterocycles. The second-order valence-electron chi connectivity index (χ2n) is 5.23. The third-order valence-corrected chi connectivity index (χ3v) is 3.26. The topological polar surface area (TPSA) is 74.6 Å². The van der Waals surface area contributed by atoms with Crippen LogP contribution in [0.4, 0.5) is 0 Å². The number of aryl methyl sites for hydroxylation is 1. The van der Waals surface area contributed by atoms with Crippen molar-refractivity contribution in [2.75, 3.05) is 0 Å². The lowest BCUT2D eigenvalue weighted by atomic mass is 9.83. The summed E-state index contributed by atoms with van der Waals surface area (Å²) in [5.74, 6) is 0.805. The van der Waals surface area contributed by atoms with Gasteiger partial charge in [0.1, 0.15) is 0 Å². The molecular weight excluding hydrogens is 268 g/mol. The number of rotatable bonds is 6. The van der Waals surface area contributed by atoms with E-state index in [0.29, 0.717) is 6.42 Å². The molecule has 1 rings (SSSR count). The molecule has 21 heavy (non-hydrogen) atoms. The zero-order chi connectivity index (χ0) is 15.8. The molecule has 1 atom stereocenters.